The highest BCUT2D eigenvalue weighted by atomic mass is 16.5. The van der Waals surface area contributed by atoms with Gasteiger partial charge in [-0.1, -0.05) is 12.1 Å². The molecule has 0 N–H and O–H groups in total. The molecule has 1 fully saturated rings. The van der Waals surface area contributed by atoms with Gasteiger partial charge < -0.3 is 14.5 Å². The van der Waals surface area contributed by atoms with Crippen LogP contribution in [0.15, 0.2) is 30.3 Å². The number of methoxy groups -OCH3 is 1. The van der Waals surface area contributed by atoms with Crippen LogP contribution < -0.4 is 4.74 Å². The Labute approximate surface area is 114 Å². The summed E-state index contributed by atoms with van der Waals surface area (Å²) >= 11 is 0. The summed E-state index contributed by atoms with van der Waals surface area (Å²) in [5, 5.41) is 0. The molecule has 0 spiro atoms. The molecular formula is C15H20N2O2. The van der Waals surface area contributed by atoms with E-state index in [1.54, 1.807) is 13.2 Å². The average Bonchev–Trinajstić information content (AvgIpc) is 2.46. The summed E-state index contributed by atoms with van der Waals surface area (Å²) in [7, 11) is 3.72. The predicted molar refractivity (Wildman–Crippen MR) is 76.1 cm³/mol. The van der Waals surface area contributed by atoms with Crippen LogP contribution in [-0.4, -0.2) is 56.0 Å². The third kappa shape index (κ3) is 3.83. The quantitative estimate of drug-likeness (QED) is 0.772. The van der Waals surface area contributed by atoms with Crippen molar-refractivity contribution in [1.82, 2.24) is 9.80 Å². The highest BCUT2D eigenvalue weighted by Crippen LogP contribution is 2.12. The summed E-state index contributed by atoms with van der Waals surface area (Å²) in [6.07, 6.45) is 3.49. The number of rotatable bonds is 3. The maximum atomic E-state index is 12.0. The van der Waals surface area contributed by atoms with Gasteiger partial charge in [0.1, 0.15) is 5.75 Å². The number of hydrogen-bond donors (Lipinski definition) is 0. The lowest BCUT2D eigenvalue weighted by atomic mass is 10.2. The number of ether oxygens (including phenoxy) is 1. The summed E-state index contributed by atoms with van der Waals surface area (Å²) in [5.74, 6) is 0.909. The van der Waals surface area contributed by atoms with Crippen LogP contribution in [0.1, 0.15) is 5.56 Å². The SMILES string of the molecule is COc1ccc(/C=C/C(=O)N2CCN(C)CC2)cc1. The van der Waals surface area contributed by atoms with Crippen molar-refractivity contribution in [3.63, 3.8) is 0 Å². The van der Waals surface area contributed by atoms with E-state index in [2.05, 4.69) is 11.9 Å². The van der Waals surface area contributed by atoms with Crippen molar-refractivity contribution in [1.29, 1.82) is 0 Å². The lowest BCUT2D eigenvalue weighted by Gasteiger charge is -2.31. The third-order valence-electron chi connectivity index (χ3n) is 3.35. The van der Waals surface area contributed by atoms with E-state index in [-0.39, 0.29) is 5.91 Å². The fourth-order valence-electron chi connectivity index (χ4n) is 2.01. The van der Waals surface area contributed by atoms with E-state index in [4.69, 9.17) is 4.74 Å². The summed E-state index contributed by atoms with van der Waals surface area (Å²) in [6.45, 7) is 3.51. The zero-order valence-corrected chi connectivity index (χ0v) is 11.5. The molecule has 4 heteroatoms. The molecule has 2 rings (SSSR count). The van der Waals surface area contributed by atoms with Gasteiger partial charge in [-0.15, -0.1) is 0 Å². The van der Waals surface area contributed by atoms with Crippen molar-refractivity contribution in [2.45, 2.75) is 0 Å². The van der Waals surface area contributed by atoms with Crippen molar-refractivity contribution >= 4 is 12.0 Å². The van der Waals surface area contributed by atoms with Gasteiger partial charge in [0.05, 0.1) is 7.11 Å². The minimum absolute atomic E-state index is 0.0870. The van der Waals surface area contributed by atoms with Gasteiger partial charge in [-0.05, 0) is 30.8 Å². The van der Waals surface area contributed by atoms with Gasteiger partial charge >= 0.3 is 0 Å². The molecule has 0 saturated carbocycles. The molecule has 19 heavy (non-hydrogen) atoms. The Hall–Kier alpha value is -1.81. The van der Waals surface area contributed by atoms with E-state index in [9.17, 15) is 4.79 Å². The monoisotopic (exact) mass is 260 g/mol. The van der Waals surface area contributed by atoms with Gasteiger partial charge in [0.25, 0.3) is 0 Å². The standard InChI is InChI=1S/C15H20N2O2/c1-16-9-11-17(12-10-16)15(18)8-5-13-3-6-14(19-2)7-4-13/h3-8H,9-12H2,1-2H3/b8-5+. The fourth-order valence-corrected chi connectivity index (χ4v) is 2.01. The maximum Gasteiger partial charge on any atom is 0.246 e. The Morgan fingerprint density at radius 1 is 1.16 bits per heavy atom. The number of amides is 1. The second-order valence-electron chi connectivity index (χ2n) is 4.74. The molecule has 1 saturated heterocycles. The maximum absolute atomic E-state index is 12.0. The highest BCUT2D eigenvalue weighted by molar-refractivity contribution is 5.91. The molecule has 0 radical (unpaired) electrons. The molecule has 1 aliphatic rings. The molecule has 0 aliphatic carbocycles. The predicted octanol–water partition coefficient (Wildman–Crippen LogP) is 1.48. The number of benzene rings is 1. The van der Waals surface area contributed by atoms with Crippen LogP contribution in [0.3, 0.4) is 0 Å². The number of likely N-dealkylation sites (N-methyl/N-ethyl adjacent to an activating group) is 1. The number of carbonyl (C=O) groups is 1. The lowest BCUT2D eigenvalue weighted by molar-refractivity contribution is -0.127. The second-order valence-corrected chi connectivity index (χ2v) is 4.74. The molecule has 0 unspecified atom stereocenters. The molecule has 1 aromatic rings. The minimum atomic E-state index is 0.0870. The molecule has 4 nitrogen and oxygen atoms in total. The second kappa shape index (κ2) is 6.38. The zero-order chi connectivity index (χ0) is 13.7. The van der Waals surface area contributed by atoms with Crippen LogP contribution in [0.4, 0.5) is 0 Å². The van der Waals surface area contributed by atoms with Crippen molar-refractivity contribution in [3.05, 3.63) is 35.9 Å². The molecule has 1 amide bonds. The average molecular weight is 260 g/mol. The molecule has 0 bridgehead atoms. The molecule has 1 heterocycles. The molecule has 102 valence electrons. The van der Waals surface area contributed by atoms with Gasteiger partial charge in [-0.2, -0.15) is 0 Å². The van der Waals surface area contributed by atoms with Gasteiger partial charge in [0.15, 0.2) is 0 Å². The smallest absolute Gasteiger partial charge is 0.246 e. The van der Waals surface area contributed by atoms with E-state index in [0.29, 0.717) is 0 Å². The Bertz CT molecular complexity index is 446. The largest absolute Gasteiger partial charge is 0.497 e. The molecular weight excluding hydrogens is 240 g/mol. The lowest BCUT2D eigenvalue weighted by Crippen LogP contribution is -2.46. The number of piperazine rings is 1. The summed E-state index contributed by atoms with van der Waals surface area (Å²) < 4.78 is 5.10. The molecule has 0 aromatic heterocycles. The van der Waals surface area contributed by atoms with Crippen molar-refractivity contribution in [2.24, 2.45) is 0 Å². The van der Waals surface area contributed by atoms with Crippen molar-refractivity contribution in [3.8, 4) is 5.75 Å². The first-order valence-electron chi connectivity index (χ1n) is 6.48. The Kier molecular flexibility index (Phi) is 4.58. The molecule has 1 aliphatic heterocycles. The van der Waals surface area contributed by atoms with Crippen LogP contribution in [0.2, 0.25) is 0 Å². The highest BCUT2D eigenvalue weighted by Gasteiger charge is 2.16. The van der Waals surface area contributed by atoms with Crippen LogP contribution in [0.5, 0.6) is 5.75 Å². The van der Waals surface area contributed by atoms with Gasteiger partial charge in [0, 0.05) is 32.3 Å². The normalized spacial score (nSPS) is 16.8. The van der Waals surface area contributed by atoms with Gasteiger partial charge in [0.2, 0.25) is 5.91 Å². The number of carbonyl (C=O) groups excluding carboxylic acids is 1. The topological polar surface area (TPSA) is 32.8 Å². The molecule has 1 aromatic carbocycles. The fraction of sp³-hybridized carbons (Fsp3) is 0.400. The number of nitrogens with zero attached hydrogens (tertiary/aromatic N) is 2. The van der Waals surface area contributed by atoms with E-state index >= 15 is 0 Å². The minimum Gasteiger partial charge on any atom is -0.497 e. The molecule has 0 atom stereocenters. The van der Waals surface area contributed by atoms with E-state index in [0.717, 1.165) is 37.5 Å². The van der Waals surface area contributed by atoms with Crippen LogP contribution in [-0.2, 0) is 4.79 Å². The van der Waals surface area contributed by atoms with Crippen LogP contribution in [0, 0.1) is 0 Å². The van der Waals surface area contributed by atoms with Crippen molar-refractivity contribution in [2.75, 3.05) is 40.3 Å². The summed E-state index contributed by atoms with van der Waals surface area (Å²) in [4.78, 5) is 16.1. The Morgan fingerprint density at radius 3 is 2.37 bits per heavy atom. The van der Waals surface area contributed by atoms with E-state index in [1.807, 2.05) is 35.2 Å². The first-order chi connectivity index (χ1) is 9.19. The summed E-state index contributed by atoms with van der Waals surface area (Å²) in [5.41, 5.74) is 1.00. The Morgan fingerprint density at radius 2 is 1.79 bits per heavy atom. The van der Waals surface area contributed by atoms with E-state index < -0.39 is 0 Å². The first-order valence-corrected chi connectivity index (χ1v) is 6.48. The van der Waals surface area contributed by atoms with Gasteiger partial charge in [-0.25, -0.2) is 0 Å². The zero-order valence-electron chi connectivity index (χ0n) is 11.5. The number of hydrogen-bond acceptors (Lipinski definition) is 3. The van der Waals surface area contributed by atoms with Crippen LogP contribution >= 0.6 is 0 Å². The Balaban J connectivity index is 1.92. The van der Waals surface area contributed by atoms with Crippen LogP contribution in [0.25, 0.3) is 6.08 Å². The third-order valence-corrected chi connectivity index (χ3v) is 3.35. The van der Waals surface area contributed by atoms with Crippen molar-refractivity contribution < 1.29 is 9.53 Å². The van der Waals surface area contributed by atoms with E-state index in [1.165, 1.54) is 0 Å². The first kappa shape index (κ1) is 13.6. The van der Waals surface area contributed by atoms with Gasteiger partial charge in [-0.3, -0.25) is 4.79 Å². The summed E-state index contributed by atoms with van der Waals surface area (Å²) in [6, 6.07) is 7.65.